The first kappa shape index (κ1) is 12.9. The van der Waals surface area contributed by atoms with Gasteiger partial charge in [0, 0.05) is 12.6 Å². The average Bonchev–Trinajstić information content (AvgIpc) is 2.02. The third-order valence-electron chi connectivity index (χ3n) is 2.81. The first-order chi connectivity index (χ1) is 5.78. The minimum Gasteiger partial charge on any atom is -0.212 e. The summed E-state index contributed by atoms with van der Waals surface area (Å²) in [4.78, 5) is 0. The topological polar surface area (TPSA) is 37.4 Å². The summed E-state index contributed by atoms with van der Waals surface area (Å²) in [5.74, 6) is 0. The molecule has 0 aliphatic carbocycles. The Morgan fingerprint density at radius 1 is 1.31 bits per heavy atom. The highest BCUT2D eigenvalue weighted by molar-refractivity contribution is 7.88. The van der Waals surface area contributed by atoms with Crippen LogP contribution in [0.5, 0.6) is 0 Å². The van der Waals surface area contributed by atoms with E-state index in [4.69, 9.17) is 0 Å². The van der Waals surface area contributed by atoms with Crippen molar-refractivity contribution in [3.05, 3.63) is 0 Å². The van der Waals surface area contributed by atoms with Gasteiger partial charge in [0.15, 0.2) is 0 Å². The van der Waals surface area contributed by atoms with Gasteiger partial charge in [0.25, 0.3) is 0 Å². The van der Waals surface area contributed by atoms with Gasteiger partial charge in [-0.2, -0.15) is 4.31 Å². The van der Waals surface area contributed by atoms with E-state index >= 15 is 0 Å². The van der Waals surface area contributed by atoms with Crippen LogP contribution in [0, 0.1) is 0 Å². The van der Waals surface area contributed by atoms with Crippen LogP contribution in [0.2, 0.25) is 0 Å². The average molecular weight is 207 g/mol. The van der Waals surface area contributed by atoms with Crippen LogP contribution >= 0.6 is 0 Å². The third-order valence-corrected chi connectivity index (χ3v) is 4.24. The summed E-state index contributed by atoms with van der Waals surface area (Å²) in [7, 11) is -1.40. The molecule has 0 amide bonds. The van der Waals surface area contributed by atoms with E-state index in [-0.39, 0.29) is 5.54 Å². The zero-order valence-electron chi connectivity index (χ0n) is 9.29. The Labute approximate surface area is 82.2 Å². The fourth-order valence-electron chi connectivity index (χ4n) is 1.50. The van der Waals surface area contributed by atoms with Crippen molar-refractivity contribution in [3.8, 4) is 0 Å². The van der Waals surface area contributed by atoms with E-state index in [0.29, 0.717) is 0 Å². The highest BCUT2D eigenvalue weighted by atomic mass is 32.2. The summed E-state index contributed by atoms with van der Waals surface area (Å²) >= 11 is 0. The minimum atomic E-state index is -3.06. The molecule has 0 heterocycles. The van der Waals surface area contributed by atoms with E-state index in [1.54, 1.807) is 7.05 Å². The number of hydrogen-bond donors (Lipinski definition) is 0. The molecule has 0 saturated heterocycles. The van der Waals surface area contributed by atoms with Gasteiger partial charge in [-0.15, -0.1) is 0 Å². The molecule has 0 aromatic heterocycles. The van der Waals surface area contributed by atoms with Gasteiger partial charge in [-0.1, -0.05) is 20.3 Å². The molecular weight excluding hydrogens is 186 g/mol. The fourth-order valence-corrected chi connectivity index (χ4v) is 2.52. The van der Waals surface area contributed by atoms with Crippen LogP contribution in [-0.2, 0) is 10.0 Å². The van der Waals surface area contributed by atoms with Crippen LogP contribution in [-0.4, -0.2) is 31.6 Å². The third kappa shape index (κ3) is 3.27. The second kappa shape index (κ2) is 4.42. The van der Waals surface area contributed by atoms with Crippen molar-refractivity contribution in [1.29, 1.82) is 0 Å². The van der Waals surface area contributed by atoms with E-state index in [2.05, 4.69) is 6.92 Å². The lowest BCUT2D eigenvalue weighted by Gasteiger charge is -2.36. The highest BCUT2D eigenvalue weighted by Crippen LogP contribution is 2.25. The van der Waals surface area contributed by atoms with Gasteiger partial charge in [0.05, 0.1) is 6.26 Å². The molecule has 3 nitrogen and oxygen atoms in total. The SMILES string of the molecule is CCC[C@@](C)(CC)N(C)S(C)(=O)=O. The summed E-state index contributed by atoms with van der Waals surface area (Å²) in [6.07, 6.45) is 4.03. The van der Waals surface area contributed by atoms with Crippen molar-refractivity contribution in [1.82, 2.24) is 4.31 Å². The van der Waals surface area contributed by atoms with E-state index in [0.717, 1.165) is 19.3 Å². The van der Waals surface area contributed by atoms with Crippen LogP contribution in [0.25, 0.3) is 0 Å². The molecule has 13 heavy (non-hydrogen) atoms. The summed E-state index contributed by atoms with van der Waals surface area (Å²) < 4.78 is 24.2. The normalized spacial score (nSPS) is 17.4. The Balaban J connectivity index is 4.77. The van der Waals surface area contributed by atoms with Gasteiger partial charge in [-0.3, -0.25) is 0 Å². The Bertz CT molecular complexity index is 248. The number of hydrogen-bond acceptors (Lipinski definition) is 2. The van der Waals surface area contributed by atoms with Crippen molar-refractivity contribution in [2.45, 2.75) is 45.6 Å². The van der Waals surface area contributed by atoms with Gasteiger partial charge in [-0.25, -0.2) is 8.42 Å². The molecule has 0 aliphatic heterocycles. The van der Waals surface area contributed by atoms with Crippen LogP contribution in [0.1, 0.15) is 40.0 Å². The van der Waals surface area contributed by atoms with Crippen molar-refractivity contribution in [3.63, 3.8) is 0 Å². The van der Waals surface area contributed by atoms with E-state index in [1.807, 2.05) is 13.8 Å². The lowest BCUT2D eigenvalue weighted by molar-refractivity contribution is 0.215. The summed E-state index contributed by atoms with van der Waals surface area (Å²) in [5, 5.41) is 0. The van der Waals surface area contributed by atoms with E-state index in [9.17, 15) is 8.42 Å². The molecule has 0 rings (SSSR count). The largest absolute Gasteiger partial charge is 0.212 e. The maximum atomic E-state index is 11.3. The van der Waals surface area contributed by atoms with E-state index in [1.165, 1.54) is 10.6 Å². The van der Waals surface area contributed by atoms with Gasteiger partial charge in [0.1, 0.15) is 0 Å². The molecule has 0 radical (unpaired) electrons. The zero-order chi connectivity index (χ0) is 10.7. The Morgan fingerprint density at radius 3 is 2.00 bits per heavy atom. The van der Waals surface area contributed by atoms with Gasteiger partial charge in [-0.05, 0) is 19.8 Å². The van der Waals surface area contributed by atoms with Gasteiger partial charge < -0.3 is 0 Å². The molecule has 0 bridgehead atoms. The second-order valence-corrected chi connectivity index (χ2v) is 5.84. The molecule has 4 heteroatoms. The zero-order valence-corrected chi connectivity index (χ0v) is 10.1. The molecule has 0 spiro atoms. The quantitative estimate of drug-likeness (QED) is 0.690. The highest BCUT2D eigenvalue weighted by Gasteiger charge is 2.31. The Kier molecular flexibility index (Phi) is 4.39. The lowest BCUT2D eigenvalue weighted by Crippen LogP contribution is -2.46. The predicted molar refractivity (Wildman–Crippen MR) is 56.2 cm³/mol. The van der Waals surface area contributed by atoms with Crippen LogP contribution < -0.4 is 0 Å². The monoisotopic (exact) mass is 207 g/mol. The summed E-state index contributed by atoms with van der Waals surface area (Å²) in [6, 6.07) is 0. The molecule has 0 saturated carbocycles. The van der Waals surface area contributed by atoms with Crippen LogP contribution in [0.15, 0.2) is 0 Å². The molecule has 0 unspecified atom stereocenters. The minimum absolute atomic E-state index is 0.220. The molecule has 80 valence electrons. The molecule has 0 aromatic rings. The Morgan fingerprint density at radius 2 is 1.77 bits per heavy atom. The molecular formula is C9H21NO2S. The predicted octanol–water partition coefficient (Wildman–Crippen LogP) is 1.85. The number of rotatable bonds is 5. The van der Waals surface area contributed by atoms with Gasteiger partial charge >= 0.3 is 0 Å². The summed E-state index contributed by atoms with van der Waals surface area (Å²) in [5.41, 5.74) is -0.220. The van der Waals surface area contributed by atoms with Crippen molar-refractivity contribution in [2.75, 3.05) is 13.3 Å². The van der Waals surface area contributed by atoms with Crippen molar-refractivity contribution >= 4 is 10.0 Å². The number of nitrogens with zero attached hydrogens (tertiary/aromatic N) is 1. The first-order valence-corrected chi connectivity index (χ1v) is 6.56. The smallest absolute Gasteiger partial charge is 0.211 e. The van der Waals surface area contributed by atoms with Gasteiger partial charge in [0.2, 0.25) is 10.0 Å². The molecule has 0 fully saturated rings. The molecule has 0 aliphatic rings. The van der Waals surface area contributed by atoms with Crippen LogP contribution in [0.3, 0.4) is 0 Å². The molecule has 0 N–H and O–H groups in total. The standard InChI is InChI=1S/C9H21NO2S/c1-6-8-9(3,7-2)10(4)13(5,11)12/h6-8H2,1-5H3/t9-/m1/s1. The number of sulfonamides is 1. The Hall–Kier alpha value is -0.0900. The first-order valence-electron chi connectivity index (χ1n) is 4.72. The van der Waals surface area contributed by atoms with Crippen molar-refractivity contribution in [2.24, 2.45) is 0 Å². The maximum absolute atomic E-state index is 11.3. The molecule has 1 atom stereocenters. The lowest BCUT2D eigenvalue weighted by atomic mass is 9.93. The van der Waals surface area contributed by atoms with E-state index < -0.39 is 10.0 Å². The maximum Gasteiger partial charge on any atom is 0.211 e. The second-order valence-electron chi connectivity index (χ2n) is 3.83. The van der Waals surface area contributed by atoms with Crippen LogP contribution in [0.4, 0.5) is 0 Å². The van der Waals surface area contributed by atoms with Crippen molar-refractivity contribution < 1.29 is 8.42 Å². The fraction of sp³-hybridized carbons (Fsp3) is 1.00. The molecule has 0 aromatic carbocycles. The summed E-state index contributed by atoms with van der Waals surface area (Å²) in [6.45, 7) is 6.10.